The quantitative estimate of drug-likeness (QED) is 0.706. The van der Waals surface area contributed by atoms with Crippen molar-refractivity contribution in [1.82, 2.24) is 20.3 Å². The van der Waals surface area contributed by atoms with Crippen molar-refractivity contribution in [1.29, 1.82) is 0 Å². The molecule has 0 radical (unpaired) electrons. The summed E-state index contributed by atoms with van der Waals surface area (Å²) in [6.07, 6.45) is 9.03. The molecule has 6 heteroatoms. The molecule has 0 spiro atoms. The van der Waals surface area contributed by atoms with E-state index in [4.69, 9.17) is 0 Å². The first kappa shape index (κ1) is 14.3. The lowest BCUT2D eigenvalue weighted by atomic mass is 9.97. The fourth-order valence-electron chi connectivity index (χ4n) is 3.72. The molecule has 1 unspecified atom stereocenters. The fraction of sp³-hybridized carbons (Fsp3) is 0.158. The van der Waals surface area contributed by atoms with Crippen molar-refractivity contribution in [2.24, 2.45) is 0 Å². The maximum absolute atomic E-state index is 14.5. The van der Waals surface area contributed by atoms with E-state index in [0.717, 1.165) is 40.8 Å². The van der Waals surface area contributed by atoms with Crippen LogP contribution in [0.4, 0.5) is 8.78 Å². The molecule has 0 fully saturated rings. The number of aromatic nitrogens is 3. The Morgan fingerprint density at radius 2 is 1.96 bits per heavy atom. The van der Waals surface area contributed by atoms with Gasteiger partial charge in [-0.3, -0.25) is 0 Å². The van der Waals surface area contributed by atoms with E-state index in [1.54, 1.807) is 6.20 Å². The lowest BCUT2D eigenvalue weighted by molar-refractivity contribution is 0.521. The number of hydrogen-bond acceptors (Lipinski definition) is 3. The number of halogens is 2. The van der Waals surface area contributed by atoms with E-state index in [1.165, 1.54) is 24.5 Å². The molecule has 0 amide bonds. The zero-order chi connectivity index (χ0) is 17.0. The number of hydrogen-bond donors (Lipinski definition) is 2. The van der Waals surface area contributed by atoms with Crippen LogP contribution in [0.1, 0.15) is 35.7 Å². The minimum atomic E-state index is -0.640. The second-order valence-corrected chi connectivity index (χ2v) is 6.24. The first-order valence-corrected chi connectivity index (χ1v) is 8.16. The number of H-pyrrole nitrogens is 1. The molecule has 124 valence electrons. The van der Waals surface area contributed by atoms with Gasteiger partial charge in [0, 0.05) is 23.0 Å². The molecule has 0 saturated carbocycles. The minimum absolute atomic E-state index is 0.0153. The van der Waals surface area contributed by atoms with Gasteiger partial charge in [-0.05, 0) is 25.0 Å². The Morgan fingerprint density at radius 1 is 1.12 bits per heavy atom. The van der Waals surface area contributed by atoms with Crippen molar-refractivity contribution in [2.45, 2.75) is 18.9 Å². The third-order valence-electron chi connectivity index (χ3n) is 4.84. The summed E-state index contributed by atoms with van der Waals surface area (Å²) in [5.41, 5.74) is 4.12. The Balaban J connectivity index is 1.85. The standard InChI is InChI=1S/C19H14F2N4/c20-12-5-3-6-13(21)16(12)18-11-8-22-19-15(11)17(23-9-24-19)10-4-1-2-7-14(10)25-18/h1,3-6,8-9,18,25H,2,7H2,(H,22,23,24). The summed E-state index contributed by atoms with van der Waals surface area (Å²) in [5.74, 6) is -1.14. The van der Waals surface area contributed by atoms with Crippen LogP contribution in [0, 0.1) is 11.6 Å². The smallest absolute Gasteiger partial charge is 0.141 e. The van der Waals surface area contributed by atoms with Crippen LogP contribution >= 0.6 is 0 Å². The van der Waals surface area contributed by atoms with E-state index in [-0.39, 0.29) is 5.56 Å². The van der Waals surface area contributed by atoms with Gasteiger partial charge in [0.05, 0.1) is 22.7 Å². The Morgan fingerprint density at radius 3 is 2.80 bits per heavy atom. The Bertz CT molecular complexity index is 1040. The van der Waals surface area contributed by atoms with Crippen molar-refractivity contribution < 1.29 is 8.78 Å². The number of fused-ring (bicyclic) bond motifs is 1. The van der Waals surface area contributed by atoms with Crippen molar-refractivity contribution in [3.63, 3.8) is 0 Å². The molecule has 25 heavy (non-hydrogen) atoms. The van der Waals surface area contributed by atoms with Crippen molar-refractivity contribution in [2.75, 3.05) is 0 Å². The summed E-state index contributed by atoms with van der Waals surface area (Å²) in [5, 5.41) is 4.17. The first-order valence-electron chi connectivity index (χ1n) is 8.16. The molecule has 1 aliphatic carbocycles. The third kappa shape index (κ3) is 2.03. The van der Waals surface area contributed by atoms with Crippen molar-refractivity contribution in [3.8, 4) is 0 Å². The van der Waals surface area contributed by atoms with Crippen LogP contribution in [0.25, 0.3) is 16.6 Å². The van der Waals surface area contributed by atoms with Crippen LogP contribution in [0.2, 0.25) is 0 Å². The molecular formula is C19H14F2N4. The van der Waals surface area contributed by atoms with Crippen LogP contribution in [-0.2, 0) is 0 Å². The fourth-order valence-corrected chi connectivity index (χ4v) is 3.72. The van der Waals surface area contributed by atoms with Crippen LogP contribution in [-0.4, -0.2) is 15.0 Å². The Kier molecular flexibility index (Phi) is 3.00. The van der Waals surface area contributed by atoms with Crippen LogP contribution in [0.3, 0.4) is 0 Å². The van der Waals surface area contributed by atoms with Crippen LogP contribution < -0.4 is 5.32 Å². The van der Waals surface area contributed by atoms with Gasteiger partial charge in [0.1, 0.15) is 23.6 Å². The van der Waals surface area contributed by atoms with Gasteiger partial charge < -0.3 is 10.3 Å². The molecule has 0 saturated heterocycles. The molecule has 2 aromatic heterocycles. The number of benzene rings is 1. The van der Waals surface area contributed by atoms with E-state index in [2.05, 4.69) is 26.3 Å². The molecule has 1 aromatic carbocycles. The molecule has 1 atom stereocenters. The number of rotatable bonds is 1. The lowest BCUT2D eigenvalue weighted by Crippen LogP contribution is -2.24. The SMILES string of the molecule is Fc1cccc(F)c1C1NC2=C(C=CCC2)c2ncnc3[nH]cc1c23. The molecule has 2 N–H and O–H groups in total. The third-order valence-corrected chi connectivity index (χ3v) is 4.84. The highest BCUT2D eigenvalue weighted by Crippen LogP contribution is 2.40. The molecule has 5 rings (SSSR count). The summed E-state index contributed by atoms with van der Waals surface area (Å²) >= 11 is 0. The van der Waals surface area contributed by atoms with E-state index in [9.17, 15) is 8.78 Å². The van der Waals surface area contributed by atoms with Gasteiger partial charge in [-0.25, -0.2) is 18.7 Å². The van der Waals surface area contributed by atoms with Gasteiger partial charge >= 0.3 is 0 Å². The maximum Gasteiger partial charge on any atom is 0.141 e. The maximum atomic E-state index is 14.5. The number of aromatic amines is 1. The number of allylic oxidation sites excluding steroid dienone is 4. The molecule has 0 bridgehead atoms. The van der Waals surface area contributed by atoms with E-state index >= 15 is 0 Å². The Hall–Kier alpha value is -3.02. The largest absolute Gasteiger partial charge is 0.377 e. The second kappa shape index (κ2) is 5.24. The van der Waals surface area contributed by atoms with Gasteiger partial charge in [0.15, 0.2) is 0 Å². The zero-order valence-corrected chi connectivity index (χ0v) is 13.2. The summed E-state index contributed by atoms with van der Waals surface area (Å²) in [6.45, 7) is 0. The average molecular weight is 336 g/mol. The Labute approximate surface area is 142 Å². The average Bonchev–Trinajstić information content (AvgIpc) is 2.99. The molecular weight excluding hydrogens is 322 g/mol. The van der Waals surface area contributed by atoms with E-state index < -0.39 is 17.7 Å². The lowest BCUT2D eigenvalue weighted by Gasteiger charge is -2.23. The van der Waals surface area contributed by atoms with Gasteiger partial charge in [-0.2, -0.15) is 0 Å². The van der Waals surface area contributed by atoms with Crippen molar-refractivity contribution in [3.05, 3.63) is 77.0 Å². The topological polar surface area (TPSA) is 53.6 Å². The summed E-state index contributed by atoms with van der Waals surface area (Å²) in [4.78, 5) is 11.8. The summed E-state index contributed by atoms with van der Waals surface area (Å²) in [7, 11) is 0. The van der Waals surface area contributed by atoms with Crippen LogP contribution in [0.15, 0.2) is 48.6 Å². The van der Waals surface area contributed by atoms with Gasteiger partial charge in [0.25, 0.3) is 0 Å². The van der Waals surface area contributed by atoms with Gasteiger partial charge in [-0.1, -0.05) is 18.2 Å². The summed E-state index contributed by atoms with van der Waals surface area (Å²) < 4.78 is 29.0. The van der Waals surface area contributed by atoms with E-state index in [0.29, 0.717) is 5.65 Å². The number of nitrogens with zero attached hydrogens (tertiary/aromatic N) is 2. The molecule has 1 aliphatic heterocycles. The molecule has 3 heterocycles. The minimum Gasteiger partial charge on any atom is -0.377 e. The van der Waals surface area contributed by atoms with Crippen LogP contribution in [0.5, 0.6) is 0 Å². The molecule has 2 aliphatic rings. The zero-order valence-electron chi connectivity index (χ0n) is 13.2. The summed E-state index contributed by atoms with van der Waals surface area (Å²) in [6, 6.07) is 3.31. The monoisotopic (exact) mass is 336 g/mol. The molecule has 4 nitrogen and oxygen atoms in total. The highest BCUT2D eigenvalue weighted by Gasteiger charge is 2.31. The van der Waals surface area contributed by atoms with Crippen molar-refractivity contribution >= 4 is 16.6 Å². The second-order valence-electron chi connectivity index (χ2n) is 6.24. The first-order chi connectivity index (χ1) is 12.2. The predicted octanol–water partition coefficient (Wildman–Crippen LogP) is 3.99. The highest BCUT2D eigenvalue weighted by atomic mass is 19.1. The van der Waals surface area contributed by atoms with Gasteiger partial charge in [-0.15, -0.1) is 0 Å². The van der Waals surface area contributed by atoms with E-state index in [1.807, 2.05) is 6.08 Å². The number of nitrogens with one attached hydrogen (secondary N) is 2. The van der Waals surface area contributed by atoms with Gasteiger partial charge in [0.2, 0.25) is 0 Å². The predicted molar refractivity (Wildman–Crippen MR) is 90.5 cm³/mol. The highest BCUT2D eigenvalue weighted by molar-refractivity contribution is 5.95. The normalized spacial score (nSPS) is 18.9. The molecule has 3 aromatic rings.